The lowest BCUT2D eigenvalue weighted by Crippen LogP contribution is -2.23. The molecule has 0 amide bonds. The maximum atomic E-state index is 5.89. The molecule has 0 saturated carbocycles. The molecule has 1 aromatic heterocycles. The molecule has 2 rings (SSSR count). The van der Waals surface area contributed by atoms with E-state index in [0.717, 1.165) is 17.3 Å². The second-order valence-corrected chi connectivity index (χ2v) is 4.82. The third-order valence-corrected chi connectivity index (χ3v) is 2.88. The first-order chi connectivity index (χ1) is 8.16. The molecule has 0 fully saturated rings. The fourth-order valence-electron chi connectivity index (χ4n) is 1.72. The van der Waals surface area contributed by atoms with E-state index in [1.807, 2.05) is 24.3 Å². The summed E-state index contributed by atoms with van der Waals surface area (Å²) in [5.74, 6) is 0. The lowest BCUT2D eigenvalue weighted by Gasteiger charge is -2.12. The third-order valence-electron chi connectivity index (χ3n) is 2.63. The van der Waals surface area contributed by atoms with Crippen LogP contribution < -0.4 is 5.32 Å². The number of aromatic nitrogens is 1. The fourth-order valence-corrected chi connectivity index (χ4v) is 1.85. The molecule has 0 atom stereocenters. The Balaban J connectivity index is 2.21. The average Bonchev–Trinajstić information content (AvgIpc) is 2.75. The second kappa shape index (κ2) is 5.39. The summed E-state index contributed by atoms with van der Waals surface area (Å²) in [6.45, 7) is 5.17. The van der Waals surface area contributed by atoms with E-state index in [1.165, 1.54) is 5.69 Å². The molecule has 0 spiro atoms. The molecule has 3 heteroatoms. The number of rotatable bonds is 4. The van der Waals surface area contributed by atoms with Gasteiger partial charge in [-0.1, -0.05) is 25.4 Å². The molecule has 0 aliphatic carbocycles. The Bertz CT molecular complexity index is 471. The van der Waals surface area contributed by atoms with Crippen molar-refractivity contribution >= 4 is 11.6 Å². The molecule has 1 aromatic carbocycles. The van der Waals surface area contributed by atoms with Crippen LogP contribution in [-0.2, 0) is 6.54 Å². The van der Waals surface area contributed by atoms with E-state index in [2.05, 4.69) is 42.1 Å². The van der Waals surface area contributed by atoms with E-state index in [9.17, 15) is 0 Å². The highest BCUT2D eigenvalue weighted by Crippen LogP contribution is 2.16. The van der Waals surface area contributed by atoms with Crippen LogP contribution in [0, 0.1) is 0 Å². The van der Waals surface area contributed by atoms with Crippen LogP contribution in [0.1, 0.15) is 19.5 Å². The van der Waals surface area contributed by atoms with E-state index < -0.39 is 0 Å². The predicted molar refractivity (Wildman–Crippen MR) is 72.8 cm³/mol. The average molecular weight is 249 g/mol. The molecule has 90 valence electrons. The van der Waals surface area contributed by atoms with E-state index in [4.69, 9.17) is 11.6 Å². The van der Waals surface area contributed by atoms with Gasteiger partial charge in [-0.15, -0.1) is 0 Å². The summed E-state index contributed by atoms with van der Waals surface area (Å²) in [6, 6.07) is 12.6. The van der Waals surface area contributed by atoms with Crippen LogP contribution in [0.4, 0.5) is 0 Å². The number of hydrogen-bond acceptors (Lipinski definition) is 1. The minimum absolute atomic E-state index is 0.489. The number of nitrogens with zero attached hydrogens (tertiary/aromatic N) is 1. The maximum Gasteiger partial charge on any atom is 0.0453 e. The van der Waals surface area contributed by atoms with E-state index in [1.54, 1.807) is 0 Å². The standard InChI is InChI=1S/C14H17ClN2/c1-11(2)16-10-14-4-3-9-17(14)13-7-5-12(15)6-8-13/h3-9,11,16H,10H2,1-2H3. The van der Waals surface area contributed by atoms with Crippen LogP contribution in [0.2, 0.25) is 5.02 Å². The third kappa shape index (κ3) is 3.11. The zero-order valence-electron chi connectivity index (χ0n) is 10.2. The summed E-state index contributed by atoms with van der Waals surface area (Å²) in [5.41, 5.74) is 2.39. The summed E-state index contributed by atoms with van der Waals surface area (Å²) in [7, 11) is 0. The summed E-state index contributed by atoms with van der Waals surface area (Å²) in [5, 5.41) is 4.19. The highest BCUT2D eigenvalue weighted by molar-refractivity contribution is 6.30. The number of nitrogens with one attached hydrogen (secondary N) is 1. The first-order valence-corrected chi connectivity index (χ1v) is 6.20. The summed E-state index contributed by atoms with van der Waals surface area (Å²) >= 11 is 5.89. The highest BCUT2D eigenvalue weighted by atomic mass is 35.5. The largest absolute Gasteiger partial charge is 0.320 e. The molecular weight excluding hydrogens is 232 g/mol. The molecule has 17 heavy (non-hydrogen) atoms. The number of hydrogen-bond donors (Lipinski definition) is 1. The molecule has 0 radical (unpaired) electrons. The van der Waals surface area contributed by atoms with Crippen molar-refractivity contribution < 1.29 is 0 Å². The zero-order chi connectivity index (χ0) is 12.3. The van der Waals surface area contributed by atoms with Gasteiger partial charge in [0, 0.05) is 35.2 Å². The first kappa shape index (κ1) is 12.2. The Labute approximate surface area is 107 Å². The molecule has 0 unspecified atom stereocenters. The van der Waals surface area contributed by atoms with Gasteiger partial charge in [-0.25, -0.2) is 0 Å². The Hall–Kier alpha value is -1.25. The number of benzene rings is 1. The lowest BCUT2D eigenvalue weighted by molar-refractivity contribution is 0.577. The van der Waals surface area contributed by atoms with Crippen molar-refractivity contribution in [3.05, 3.63) is 53.3 Å². The van der Waals surface area contributed by atoms with Gasteiger partial charge in [-0.2, -0.15) is 0 Å². The van der Waals surface area contributed by atoms with Crippen molar-refractivity contribution in [2.75, 3.05) is 0 Å². The van der Waals surface area contributed by atoms with Gasteiger partial charge in [0.25, 0.3) is 0 Å². The number of halogens is 1. The van der Waals surface area contributed by atoms with E-state index in [-0.39, 0.29) is 0 Å². The highest BCUT2D eigenvalue weighted by Gasteiger charge is 2.03. The Morgan fingerprint density at radius 1 is 1.18 bits per heavy atom. The van der Waals surface area contributed by atoms with Crippen molar-refractivity contribution in [3.63, 3.8) is 0 Å². The SMILES string of the molecule is CC(C)NCc1cccn1-c1ccc(Cl)cc1. The molecule has 1 N–H and O–H groups in total. The van der Waals surface area contributed by atoms with Crippen molar-refractivity contribution in [1.82, 2.24) is 9.88 Å². The minimum Gasteiger partial charge on any atom is -0.320 e. The van der Waals surface area contributed by atoms with Crippen molar-refractivity contribution in [2.45, 2.75) is 26.4 Å². The second-order valence-electron chi connectivity index (χ2n) is 4.38. The Morgan fingerprint density at radius 2 is 1.88 bits per heavy atom. The van der Waals surface area contributed by atoms with Crippen LogP contribution >= 0.6 is 11.6 Å². The first-order valence-electron chi connectivity index (χ1n) is 5.82. The van der Waals surface area contributed by atoms with Gasteiger partial charge < -0.3 is 9.88 Å². The van der Waals surface area contributed by atoms with Gasteiger partial charge in [-0.05, 0) is 36.4 Å². The lowest BCUT2D eigenvalue weighted by atomic mass is 10.3. The van der Waals surface area contributed by atoms with E-state index in [0.29, 0.717) is 6.04 Å². The van der Waals surface area contributed by atoms with Crippen molar-refractivity contribution in [2.24, 2.45) is 0 Å². The topological polar surface area (TPSA) is 17.0 Å². The smallest absolute Gasteiger partial charge is 0.0453 e. The fraction of sp³-hybridized carbons (Fsp3) is 0.286. The minimum atomic E-state index is 0.489. The Kier molecular flexibility index (Phi) is 3.87. The van der Waals surface area contributed by atoms with E-state index >= 15 is 0 Å². The van der Waals surface area contributed by atoms with Crippen molar-refractivity contribution in [1.29, 1.82) is 0 Å². The summed E-state index contributed by atoms with van der Waals surface area (Å²) in [6.07, 6.45) is 2.07. The normalized spacial score (nSPS) is 11.1. The molecule has 1 heterocycles. The van der Waals surface area contributed by atoms with Gasteiger partial charge >= 0.3 is 0 Å². The predicted octanol–water partition coefficient (Wildman–Crippen LogP) is 3.63. The van der Waals surface area contributed by atoms with Gasteiger partial charge in [0.2, 0.25) is 0 Å². The van der Waals surface area contributed by atoms with Crippen molar-refractivity contribution in [3.8, 4) is 5.69 Å². The summed E-state index contributed by atoms with van der Waals surface area (Å²) in [4.78, 5) is 0. The van der Waals surface area contributed by atoms with Crippen LogP contribution in [0.25, 0.3) is 5.69 Å². The molecule has 0 aliphatic heterocycles. The van der Waals surface area contributed by atoms with Crippen LogP contribution in [0.5, 0.6) is 0 Å². The summed E-state index contributed by atoms with van der Waals surface area (Å²) < 4.78 is 2.17. The molecule has 2 aromatic rings. The zero-order valence-corrected chi connectivity index (χ0v) is 10.9. The molecule has 2 nitrogen and oxygen atoms in total. The molecule has 0 saturated heterocycles. The quantitative estimate of drug-likeness (QED) is 0.874. The molecule has 0 aliphatic rings. The monoisotopic (exact) mass is 248 g/mol. The van der Waals surface area contributed by atoms with Gasteiger partial charge in [0.05, 0.1) is 0 Å². The van der Waals surface area contributed by atoms with Crippen LogP contribution in [-0.4, -0.2) is 10.6 Å². The van der Waals surface area contributed by atoms with Gasteiger partial charge in [0.1, 0.15) is 0 Å². The maximum absolute atomic E-state index is 5.89. The van der Waals surface area contributed by atoms with Gasteiger partial charge in [-0.3, -0.25) is 0 Å². The Morgan fingerprint density at radius 3 is 2.53 bits per heavy atom. The van der Waals surface area contributed by atoms with Crippen LogP contribution in [0.3, 0.4) is 0 Å². The molecular formula is C14H17ClN2. The van der Waals surface area contributed by atoms with Gasteiger partial charge in [0.15, 0.2) is 0 Å². The molecule has 0 bridgehead atoms. The van der Waals surface area contributed by atoms with Crippen LogP contribution in [0.15, 0.2) is 42.6 Å².